The molecule has 1 aliphatic rings. The van der Waals surface area contributed by atoms with Crippen molar-refractivity contribution >= 4 is 16.9 Å². The first-order valence-corrected chi connectivity index (χ1v) is 6.25. The summed E-state index contributed by atoms with van der Waals surface area (Å²) in [6.45, 7) is 0. The largest absolute Gasteiger partial charge is 0.349 e. The number of aromatic amines is 2. The van der Waals surface area contributed by atoms with Gasteiger partial charge in [-0.2, -0.15) is 0 Å². The number of rotatable bonds is 2. The van der Waals surface area contributed by atoms with Crippen LogP contribution in [0.25, 0.3) is 11.0 Å². The third-order valence-electron chi connectivity index (χ3n) is 3.47. The summed E-state index contributed by atoms with van der Waals surface area (Å²) in [7, 11) is 0. The maximum Gasteiger partial charge on any atom is 0.323 e. The van der Waals surface area contributed by atoms with Crippen LogP contribution in [-0.2, 0) is 0 Å². The van der Waals surface area contributed by atoms with Gasteiger partial charge in [0, 0.05) is 11.6 Å². The molecule has 3 rings (SSSR count). The average Bonchev–Trinajstić information content (AvgIpc) is 2.95. The molecular formula is C13H15N3O2. The molecule has 0 bridgehead atoms. The average molecular weight is 245 g/mol. The van der Waals surface area contributed by atoms with E-state index >= 15 is 0 Å². The maximum absolute atomic E-state index is 12.0. The van der Waals surface area contributed by atoms with Crippen LogP contribution in [-0.4, -0.2) is 21.9 Å². The number of benzene rings is 1. The fourth-order valence-electron chi connectivity index (χ4n) is 2.51. The van der Waals surface area contributed by atoms with Gasteiger partial charge in [0.15, 0.2) is 0 Å². The Balaban J connectivity index is 1.84. The van der Waals surface area contributed by atoms with Crippen LogP contribution in [0.1, 0.15) is 36.0 Å². The summed E-state index contributed by atoms with van der Waals surface area (Å²) in [5.74, 6) is -0.0640. The minimum absolute atomic E-state index is 0.0640. The fourth-order valence-corrected chi connectivity index (χ4v) is 2.51. The second kappa shape index (κ2) is 4.33. The molecule has 0 unspecified atom stereocenters. The van der Waals surface area contributed by atoms with Crippen molar-refractivity contribution in [3.63, 3.8) is 0 Å². The van der Waals surface area contributed by atoms with E-state index in [-0.39, 0.29) is 11.6 Å². The van der Waals surface area contributed by atoms with Gasteiger partial charge in [0.1, 0.15) is 0 Å². The molecule has 0 atom stereocenters. The Morgan fingerprint density at radius 1 is 1.17 bits per heavy atom. The topological polar surface area (TPSA) is 77.8 Å². The predicted molar refractivity (Wildman–Crippen MR) is 68.6 cm³/mol. The van der Waals surface area contributed by atoms with Crippen molar-refractivity contribution < 1.29 is 4.79 Å². The summed E-state index contributed by atoms with van der Waals surface area (Å²) in [6.07, 6.45) is 4.51. The van der Waals surface area contributed by atoms with Crippen molar-refractivity contribution in [3.8, 4) is 0 Å². The van der Waals surface area contributed by atoms with Crippen molar-refractivity contribution in [2.75, 3.05) is 0 Å². The van der Waals surface area contributed by atoms with Crippen LogP contribution in [0.5, 0.6) is 0 Å². The number of H-pyrrole nitrogens is 2. The van der Waals surface area contributed by atoms with E-state index < -0.39 is 0 Å². The third-order valence-corrected chi connectivity index (χ3v) is 3.47. The van der Waals surface area contributed by atoms with Crippen molar-refractivity contribution in [3.05, 3.63) is 34.2 Å². The minimum atomic E-state index is -0.252. The highest BCUT2D eigenvalue weighted by Gasteiger charge is 2.18. The molecule has 1 aromatic heterocycles. The summed E-state index contributed by atoms with van der Waals surface area (Å²) in [5.41, 5.74) is 1.72. The van der Waals surface area contributed by atoms with Crippen LogP contribution in [0.3, 0.4) is 0 Å². The molecule has 0 spiro atoms. The number of aromatic nitrogens is 2. The summed E-state index contributed by atoms with van der Waals surface area (Å²) >= 11 is 0. The number of carbonyl (C=O) groups is 1. The van der Waals surface area contributed by atoms with Crippen LogP contribution in [0, 0.1) is 0 Å². The number of nitrogens with one attached hydrogen (secondary N) is 3. The van der Waals surface area contributed by atoms with E-state index in [2.05, 4.69) is 15.3 Å². The highest BCUT2D eigenvalue weighted by Crippen LogP contribution is 2.18. The number of imidazole rings is 1. The summed E-state index contributed by atoms with van der Waals surface area (Å²) in [4.78, 5) is 28.5. The number of hydrogen-bond acceptors (Lipinski definition) is 2. The SMILES string of the molecule is O=C(NC1CCCC1)c1ccc2[nH]c(=O)[nH]c2c1. The Morgan fingerprint density at radius 3 is 2.67 bits per heavy atom. The molecule has 18 heavy (non-hydrogen) atoms. The Labute approximate surface area is 104 Å². The Bertz CT molecular complexity index is 635. The van der Waals surface area contributed by atoms with Crippen LogP contribution < -0.4 is 11.0 Å². The highest BCUT2D eigenvalue weighted by atomic mass is 16.2. The minimum Gasteiger partial charge on any atom is -0.349 e. The summed E-state index contributed by atoms with van der Waals surface area (Å²) < 4.78 is 0. The highest BCUT2D eigenvalue weighted by molar-refractivity contribution is 5.97. The molecule has 1 aliphatic carbocycles. The first-order chi connectivity index (χ1) is 8.72. The summed E-state index contributed by atoms with van der Waals surface area (Å²) in [6, 6.07) is 5.49. The fraction of sp³-hybridized carbons (Fsp3) is 0.385. The molecule has 1 aromatic carbocycles. The lowest BCUT2D eigenvalue weighted by atomic mass is 10.1. The standard InChI is InChI=1S/C13H15N3O2/c17-12(14-9-3-1-2-4-9)8-5-6-10-11(7-8)16-13(18)15-10/h5-7,9H,1-4H2,(H,14,17)(H2,15,16,18). The van der Waals surface area contributed by atoms with Gasteiger partial charge in [0.25, 0.3) is 5.91 Å². The van der Waals surface area contributed by atoms with E-state index in [0.717, 1.165) is 18.4 Å². The molecule has 1 fully saturated rings. The molecule has 5 heteroatoms. The van der Waals surface area contributed by atoms with E-state index in [0.29, 0.717) is 17.1 Å². The lowest BCUT2D eigenvalue weighted by Gasteiger charge is -2.11. The van der Waals surface area contributed by atoms with E-state index in [9.17, 15) is 9.59 Å². The molecule has 0 aliphatic heterocycles. The van der Waals surface area contributed by atoms with Crippen molar-refractivity contribution in [1.29, 1.82) is 0 Å². The van der Waals surface area contributed by atoms with E-state index in [1.165, 1.54) is 12.8 Å². The van der Waals surface area contributed by atoms with Gasteiger partial charge in [0.05, 0.1) is 11.0 Å². The molecule has 5 nitrogen and oxygen atoms in total. The van der Waals surface area contributed by atoms with Crippen LogP contribution in [0.15, 0.2) is 23.0 Å². The third kappa shape index (κ3) is 2.03. The zero-order valence-electron chi connectivity index (χ0n) is 9.95. The van der Waals surface area contributed by atoms with Gasteiger partial charge in [0.2, 0.25) is 0 Å². The quantitative estimate of drug-likeness (QED) is 0.750. The predicted octanol–water partition coefficient (Wildman–Crippen LogP) is 1.53. The van der Waals surface area contributed by atoms with Crippen molar-refractivity contribution in [2.45, 2.75) is 31.7 Å². The summed E-state index contributed by atoms with van der Waals surface area (Å²) in [5, 5.41) is 3.03. The molecule has 2 aromatic rings. The first kappa shape index (κ1) is 11.1. The van der Waals surface area contributed by atoms with Crippen LogP contribution in [0.2, 0.25) is 0 Å². The first-order valence-electron chi connectivity index (χ1n) is 6.25. The number of amides is 1. The smallest absolute Gasteiger partial charge is 0.323 e. The monoisotopic (exact) mass is 245 g/mol. The molecule has 94 valence electrons. The maximum atomic E-state index is 12.0. The molecule has 3 N–H and O–H groups in total. The second-order valence-corrected chi connectivity index (χ2v) is 4.79. The zero-order valence-corrected chi connectivity index (χ0v) is 9.95. The molecule has 1 saturated carbocycles. The van der Waals surface area contributed by atoms with Gasteiger partial charge in [-0.05, 0) is 31.0 Å². The molecule has 0 saturated heterocycles. The lowest BCUT2D eigenvalue weighted by molar-refractivity contribution is 0.0938. The Hall–Kier alpha value is -2.04. The number of hydrogen-bond donors (Lipinski definition) is 3. The van der Waals surface area contributed by atoms with E-state index in [1.54, 1.807) is 18.2 Å². The number of fused-ring (bicyclic) bond motifs is 1. The van der Waals surface area contributed by atoms with Crippen LogP contribution in [0.4, 0.5) is 0 Å². The van der Waals surface area contributed by atoms with Gasteiger partial charge >= 0.3 is 5.69 Å². The van der Waals surface area contributed by atoms with Crippen molar-refractivity contribution in [2.24, 2.45) is 0 Å². The van der Waals surface area contributed by atoms with Crippen molar-refractivity contribution in [1.82, 2.24) is 15.3 Å². The van der Waals surface area contributed by atoms with E-state index in [4.69, 9.17) is 0 Å². The number of carbonyl (C=O) groups excluding carboxylic acids is 1. The molecule has 0 radical (unpaired) electrons. The zero-order chi connectivity index (χ0) is 12.5. The van der Waals surface area contributed by atoms with Gasteiger partial charge in [-0.3, -0.25) is 4.79 Å². The normalized spacial score (nSPS) is 16.2. The van der Waals surface area contributed by atoms with Gasteiger partial charge < -0.3 is 15.3 Å². The van der Waals surface area contributed by atoms with Crippen LogP contribution >= 0.6 is 0 Å². The molecule has 1 amide bonds. The van der Waals surface area contributed by atoms with Gasteiger partial charge in [-0.15, -0.1) is 0 Å². The molecule has 1 heterocycles. The lowest BCUT2D eigenvalue weighted by Crippen LogP contribution is -2.32. The molecular weight excluding hydrogens is 230 g/mol. The van der Waals surface area contributed by atoms with Gasteiger partial charge in [-0.1, -0.05) is 12.8 Å². The second-order valence-electron chi connectivity index (χ2n) is 4.79. The Kier molecular flexibility index (Phi) is 2.66. The van der Waals surface area contributed by atoms with Gasteiger partial charge in [-0.25, -0.2) is 4.79 Å². The Morgan fingerprint density at radius 2 is 1.89 bits per heavy atom. The van der Waals surface area contributed by atoms with E-state index in [1.807, 2.05) is 0 Å².